The number of hydrogen-bond acceptors (Lipinski definition) is 0. The summed E-state index contributed by atoms with van der Waals surface area (Å²) in [6, 6.07) is 0. The summed E-state index contributed by atoms with van der Waals surface area (Å²) < 4.78 is 181. The van der Waals surface area contributed by atoms with E-state index < -0.39 is 103 Å². The lowest BCUT2D eigenvalue weighted by Crippen LogP contribution is -2.20. The van der Waals surface area contributed by atoms with Crippen molar-refractivity contribution >= 4 is 15.4 Å². The Morgan fingerprint density at radius 2 is 0.406 bits per heavy atom. The molecular formula is C18F13Si. The molecule has 167 valence electrons. The molecule has 3 aromatic carbocycles. The van der Waals surface area contributed by atoms with Gasteiger partial charge in [-0.2, -0.15) is 0 Å². The molecule has 0 amide bonds. The molecule has 0 aromatic heterocycles. The van der Waals surface area contributed by atoms with Gasteiger partial charge in [-0.1, -0.05) is 0 Å². The van der Waals surface area contributed by atoms with Crippen LogP contribution in [0.4, 0.5) is 57.1 Å². The maximum atomic E-state index is 14.5. The van der Waals surface area contributed by atoms with Crippen LogP contribution in [0.1, 0.15) is 0 Å². The summed E-state index contributed by atoms with van der Waals surface area (Å²) >= 11 is 0. The molecule has 3 rings (SSSR count). The van der Waals surface area contributed by atoms with Crippen molar-refractivity contribution in [1.82, 2.24) is 0 Å². The van der Waals surface area contributed by atoms with Crippen LogP contribution in [0.2, 0.25) is 0 Å². The van der Waals surface area contributed by atoms with Crippen molar-refractivity contribution in [1.29, 1.82) is 0 Å². The van der Waals surface area contributed by atoms with Gasteiger partial charge in [0.2, 0.25) is 5.82 Å². The molecule has 3 radical (unpaired) electrons. The van der Waals surface area contributed by atoms with Crippen LogP contribution >= 0.6 is 0 Å². The Hall–Kier alpha value is -3.03. The van der Waals surface area contributed by atoms with Crippen LogP contribution < -0.4 is 5.19 Å². The lowest BCUT2D eigenvalue weighted by molar-refractivity contribution is 0.379. The molecule has 14 heteroatoms. The summed E-state index contributed by atoms with van der Waals surface area (Å²) in [7, 11) is 2.14. The van der Waals surface area contributed by atoms with E-state index in [1.54, 1.807) is 0 Å². The van der Waals surface area contributed by atoms with E-state index in [2.05, 4.69) is 10.2 Å². The Morgan fingerprint density at radius 1 is 0.250 bits per heavy atom. The van der Waals surface area contributed by atoms with Crippen LogP contribution in [0.25, 0.3) is 22.3 Å². The topological polar surface area (TPSA) is 0 Å². The lowest BCUT2D eigenvalue weighted by atomic mass is 9.95. The fourth-order valence-corrected chi connectivity index (χ4v) is 2.97. The Bertz CT molecular complexity index is 1130. The van der Waals surface area contributed by atoms with Gasteiger partial charge in [-0.15, -0.1) is 0 Å². The van der Waals surface area contributed by atoms with E-state index in [-0.39, 0.29) is 0 Å². The second-order valence-corrected chi connectivity index (χ2v) is 6.46. The normalized spacial score (nSPS) is 11.4. The van der Waals surface area contributed by atoms with Crippen molar-refractivity contribution in [2.75, 3.05) is 0 Å². The summed E-state index contributed by atoms with van der Waals surface area (Å²) in [4.78, 5) is 0. The van der Waals surface area contributed by atoms with Gasteiger partial charge < -0.3 is 0 Å². The lowest BCUT2D eigenvalue weighted by Gasteiger charge is -2.16. The maximum Gasteiger partial charge on any atom is 0.200 e. The molecule has 0 bridgehead atoms. The molecule has 0 saturated heterocycles. The number of benzene rings is 3. The first-order valence-electron chi connectivity index (χ1n) is 7.71. The molecule has 0 aliphatic heterocycles. The molecule has 0 heterocycles. The Balaban J connectivity index is 2.50. The molecule has 0 fully saturated rings. The average molecular weight is 491 g/mol. The zero-order chi connectivity index (χ0) is 24.4. The first kappa shape index (κ1) is 23.6. The van der Waals surface area contributed by atoms with E-state index in [1.807, 2.05) is 0 Å². The highest BCUT2D eigenvalue weighted by Crippen LogP contribution is 2.41. The van der Waals surface area contributed by atoms with E-state index in [4.69, 9.17) is 0 Å². The van der Waals surface area contributed by atoms with E-state index in [0.717, 1.165) is 0 Å². The first-order chi connectivity index (χ1) is 14.7. The van der Waals surface area contributed by atoms with Crippen molar-refractivity contribution in [3.05, 3.63) is 75.6 Å². The minimum Gasteiger partial charge on any atom is -0.204 e. The van der Waals surface area contributed by atoms with E-state index in [0.29, 0.717) is 0 Å². The molecule has 32 heavy (non-hydrogen) atoms. The second-order valence-electron chi connectivity index (χ2n) is 5.96. The fourth-order valence-electron chi connectivity index (χ4n) is 2.75. The van der Waals surface area contributed by atoms with Gasteiger partial charge >= 0.3 is 0 Å². The fraction of sp³-hybridized carbons (Fsp3) is 0. The van der Waals surface area contributed by atoms with Crippen LogP contribution in [0.3, 0.4) is 0 Å². The Labute approximate surface area is 171 Å². The minimum atomic E-state index is -2.89. The van der Waals surface area contributed by atoms with Crippen molar-refractivity contribution in [2.45, 2.75) is 0 Å². The van der Waals surface area contributed by atoms with Gasteiger partial charge in [-0.05, 0) is 0 Å². The van der Waals surface area contributed by atoms with Crippen LogP contribution in [0, 0.1) is 75.6 Å². The third-order valence-corrected chi connectivity index (χ3v) is 4.68. The van der Waals surface area contributed by atoms with E-state index in [9.17, 15) is 57.1 Å². The Kier molecular flexibility index (Phi) is 5.78. The van der Waals surface area contributed by atoms with Crippen LogP contribution in [0.5, 0.6) is 0 Å². The molecule has 3 aromatic rings. The zero-order valence-corrected chi connectivity index (χ0v) is 15.4. The highest BCUT2D eigenvalue weighted by Gasteiger charge is 2.37. The van der Waals surface area contributed by atoms with Gasteiger partial charge in [0.05, 0.1) is 32.5 Å². The van der Waals surface area contributed by atoms with Gasteiger partial charge in [-0.3, -0.25) is 0 Å². The van der Waals surface area contributed by atoms with Gasteiger partial charge in [-0.25, -0.2) is 57.1 Å². The molecular weight excluding hydrogens is 491 g/mol. The monoisotopic (exact) mass is 491 g/mol. The van der Waals surface area contributed by atoms with Crippen molar-refractivity contribution in [3.8, 4) is 22.3 Å². The molecule has 0 aliphatic rings. The summed E-state index contributed by atoms with van der Waals surface area (Å²) in [6.45, 7) is 0. The quantitative estimate of drug-likeness (QED) is 0.189. The molecule has 0 aliphatic carbocycles. The van der Waals surface area contributed by atoms with Crippen LogP contribution in [-0.4, -0.2) is 10.2 Å². The van der Waals surface area contributed by atoms with Crippen molar-refractivity contribution < 1.29 is 57.1 Å². The highest BCUT2D eigenvalue weighted by molar-refractivity contribution is 6.32. The molecule has 0 saturated carbocycles. The first-order valence-corrected chi connectivity index (χ1v) is 8.21. The molecule has 0 nitrogen and oxygen atoms in total. The number of halogens is 13. The summed E-state index contributed by atoms with van der Waals surface area (Å²) in [5.41, 5.74) is -9.62. The maximum absolute atomic E-state index is 14.5. The van der Waals surface area contributed by atoms with Crippen LogP contribution in [0.15, 0.2) is 0 Å². The minimum absolute atomic E-state index is 1.50. The van der Waals surface area contributed by atoms with E-state index in [1.165, 1.54) is 0 Å². The Morgan fingerprint density at radius 3 is 0.656 bits per heavy atom. The van der Waals surface area contributed by atoms with Gasteiger partial charge in [0.15, 0.2) is 69.8 Å². The second kappa shape index (κ2) is 7.83. The zero-order valence-electron chi connectivity index (χ0n) is 14.4. The molecule has 0 unspecified atom stereocenters. The van der Waals surface area contributed by atoms with Gasteiger partial charge in [0, 0.05) is 5.19 Å². The SMILES string of the molecule is Fc1c(F)c(F)c(-c2c(F)c(F)c(-c3c(F)c(F)c([Si])c(F)c3F)c(F)c2F)c(F)c1F. The standard InChI is InChI=1S/C18F13Si/c19-5-1(3-9(23)13(27)15(29)14(28)10(3)24)6(20)8(22)2(7(5)21)4-11(25)16(30)18(32)17(31)12(4)26. The van der Waals surface area contributed by atoms with E-state index >= 15 is 0 Å². The van der Waals surface area contributed by atoms with Crippen molar-refractivity contribution in [3.63, 3.8) is 0 Å². The third kappa shape index (κ3) is 3.07. The number of rotatable bonds is 2. The largest absolute Gasteiger partial charge is 0.204 e. The molecule has 0 atom stereocenters. The summed E-state index contributed by atoms with van der Waals surface area (Å²) in [5.74, 6) is -35.2. The molecule has 0 N–H and O–H groups in total. The highest BCUT2D eigenvalue weighted by atomic mass is 28.1. The summed E-state index contributed by atoms with van der Waals surface area (Å²) in [5, 5.41) is -1.50. The van der Waals surface area contributed by atoms with Crippen molar-refractivity contribution in [2.24, 2.45) is 0 Å². The van der Waals surface area contributed by atoms with Crippen LogP contribution in [-0.2, 0) is 0 Å². The van der Waals surface area contributed by atoms with Gasteiger partial charge in [0.1, 0.15) is 0 Å². The smallest absolute Gasteiger partial charge is 0.200 e. The molecule has 0 spiro atoms. The number of hydrogen-bond donors (Lipinski definition) is 0. The summed E-state index contributed by atoms with van der Waals surface area (Å²) in [6.07, 6.45) is 0. The third-order valence-electron chi connectivity index (χ3n) is 4.24. The predicted octanol–water partition coefficient (Wildman–Crippen LogP) is 5.62. The predicted molar refractivity (Wildman–Crippen MR) is 82.2 cm³/mol. The van der Waals surface area contributed by atoms with Gasteiger partial charge in [0.25, 0.3) is 0 Å². The average Bonchev–Trinajstić information content (AvgIpc) is 2.76.